The van der Waals surface area contributed by atoms with Gasteiger partial charge in [-0.05, 0) is 26.2 Å². The Morgan fingerprint density at radius 3 is 3.06 bits per heavy atom. The smallest absolute Gasteiger partial charge is 0.226 e. The molecule has 1 atom stereocenters. The molecule has 1 aliphatic rings. The quantitative estimate of drug-likeness (QED) is 0.749. The minimum Gasteiger partial charge on any atom is -0.392 e. The standard InChI is InChI=1S/C12H19N3O3/c1-8(16)7-13-10(17)3-2-4-11-14-12(15-18-11)9-5-6-9/h8-9,16H,2-7H2,1H3,(H,13,17). The lowest BCUT2D eigenvalue weighted by Crippen LogP contribution is -2.30. The molecule has 1 saturated carbocycles. The van der Waals surface area contributed by atoms with Crippen LogP contribution in [0.2, 0.25) is 0 Å². The topological polar surface area (TPSA) is 88.2 Å². The molecule has 1 aliphatic carbocycles. The lowest BCUT2D eigenvalue weighted by Gasteiger charge is -2.05. The van der Waals surface area contributed by atoms with Crippen molar-refractivity contribution in [3.63, 3.8) is 0 Å². The third-order valence-corrected chi connectivity index (χ3v) is 2.82. The largest absolute Gasteiger partial charge is 0.392 e. The third-order valence-electron chi connectivity index (χ3n) is 2.82. The van der Waals surface area contributed by atoms with Crippen LogP contribution in [0.1, 0.15) is 50.2 Å². The molecule has 0 aliphatic heterocycles. The monoisotopic (exact) mass is 253 g/mol. The highest BCUT2D eigenvalue weighted by molar-refractivity contribution is 5.75. The SMILES string of the molecule is CC(O)CNC(=O)CCCc1nc(C2CC2)no1. The molecule has 1 aromatic heterocycles. The van der Waals surface area contributed by atoms with E-state index in [0.29, 0.717) is 37.6 Å². The fourth-order valence-electron chi connectivity index (χ4n) is 1.63. The van der Waals surface area contributed by atoms with E-state index in [0.717, 1.165) is 18.7 Å². The summed E-state index contributed by atoms with van der Waals surface area (Å²) >= 11 is 0. The molecule has 0 aromatic carbocycles. The average molecular weight is 253 g/mol. The predicted octanol–water partition coefficient (Wildman–Crippen LogP) is 0.767. The molecular weight excluding hydrogens is 234 g/mol. The van der Waals surface area contributed by atoms with Crippen molar-refractivity contribution in [1.29, 1.82) is 0 Å². The summed E-state index contributed by atoms with van der Waals surface area (Å²) in [5, 5.41) is 15.6. The van der Waals surface area contributed by atoms with Gasteiger partial charge in [-0.3, -0.25) is 4.79 Å². The van der Waals surface area contributed by atoms with E-state index in [-0.39, 0.29) is 5.91 Å². The van der Waals surface area contributed by atoms with Gasteiger partial charge in [0.1, 0.15) is 0 Å². The molecular formula is C12H19N3O3. The Morgan fingerprint density at radius 2 is 2.39 bits per heavy atom. The molecule has 2 rings (SSSR count). The average Bonchev–Trinajstić information content (AvgIpc) is 3.07. The Hall–Kier alpha value is -1.43. The molecule has 0 radical (unpaired) electrons. The van der Waals surface area contributed by atoms with E-state index < -0.39 is 6.10 Å². The third kappa shape index (κ3) is 4.10. The molecule has 1 aromatic rings. The summed E-state index contributed by atoms with van der Waals surface area (Å²) in [6.07, 6.45) is 3.51. The number of carbonyl (C=O) groups excluding carboxylic acids is 1. The molecule has 1 amide bonds. The highest BCUT2D eigenvalue weighted by Gasteiger charge is 2.28. The van der Waals surface area contributed by atoms with Crippen molar-refractivity contribution in [2.45, 2.75) is 51.0 Å². The van der Waals surface area contributed by atoms with Gasteiger partial charge < -0.3 is 14.9 Å². The Labute approximate surface area is 106 Å². The Kier molecular flexibility index (Phi) is 4.30. The Balaban J connectivity index is 1.63. The van der Waals surface area contributed by atoms with Gasteiger partial charge in [0.25, 0.3) is 0 Å². The first-order chi connectivity index (χ1) is 8.65. The van der Waals surface area contributed by atoms with E-state index in [9.17, 15) is 4.79 Å². The number of nitrogens with zero attached hydrogens (tertiary/aromatic N) is 2. The van der Waals surface area contributed by atoms with E-state index in [4.69, 9.17) is 9.63 Å². The summed E-state index contributed by atoms with van der Waals surface area (Å²) in [6.45, 7) is 1.93. The van der Waals surface area contributed by atoms with Gasteiger partial charge >= 0.3 is 0 Å². The highest BCUT2D eigenvalue weighted by atomic mass is 16.5. The molecule has 1 heterocycles. The van der Waals surface area contributed by atoms with E-state index in [1.165, 1.54) is 0 Å². The Bertz CT molecular complexity index is 399. The van der Waals surface area contributed by atoms with Crippen LogP contribution in [-0.2, 0) is 11.2 Å². The van der Waals surface area contributed by atoms with Crippen molar-refractivity contribution in [2.24, 2.45) is 0 Å². The van der Waals surface area contributed by atoms with Crippen molar-refractivity contribution in [2.75, 3.05) is 6.54 Å². The molecule has 6 heteroatoms. The number of nitrogens with one attached hydrogen (secondary N) is 1. The van der Waals surface area contributed by atoms with E-state index in [2.05, 4.69) is 15.5 Å². The van der Waals surface area contributed by atoms with E-state index in [1.54, 1.807) is 6.92 Å². The minimum atomic E-state index is -0.508. The van der Waals surface area contributed by atoms with Gasteiger partial charge in [0.05, 0.1) is 6.10 Å². The molecule has 0 spiro atoms. The number of hydrogen-bond donors (Lipinski definition) is 2. The van der Waals surface area contributed by atoms with Gasteiger partial charge in [0, 0.05) is 25.3 Å². The number of hydrogen-bond acceptors (Lipinski definition) is 5. The molecule has 18 heavy (non-hydrogen) atoms. The fraction of sp³-hybridized carbons (Fsp3) is 0.750. The number of carbonyl (C=O) groups is 1. The molecule has 1 fully saturated rings. The summed E-state index contributed by atoms with van der Waals surface area (Å²) in [6, 6.07) is 0. The number of rotatable bonds is 7. The second-order valence-electron chi connectivity index (χ2n) is 4.83. The number of aliphatic hydroxyl groups excluding tert-OH is 1. The molecule has 0 bridgehead atoms. The second-order valence-corrected chi connectivity index (χ2v) is 4.83. The van der Waals surface area contributed by atoms with Crippen LogP contribution >= 0.6 is 0 Å². The minimum absolute atomic E-state index is 0.0576. The summed E-state index contributed by atoms with van der Waals surface area (Å²) in [4.78, 5) is 15.7. The lowest BCUT2D eigenvalue weighted by molar-refractivity contribution is -0.121. The molecule has 1 unspecified atom stereocenters. The highest BCUT2D eigenvalue weighted by Crippen LogP contribution is 2.38. The molecule has 2 N–H and O–H groups in total. The number of amides is 1. The van der Waals surface area contributed by atoms with Crippen LogP contribution in [0.15, 0.2) is 4.52 Å². The maximum Gasteiger partial charge on any atom is 0.226 e. The molecule has 6 nitrogen and oxygen atoms in total. The maximum atomic E-state index is 11.4. The van der Waals surface area contributed by atoms with Crippen LogP contribution in [0.3, 0.4) is 0 Å². The molecule has 100 valence electrons. The van der Waals surface area contributed by atoms with Gasteiger partial charge in [0.2, 0.25) is 11.8 Å². The lowest BCUT2D eigenvalue weighted by atomic mass is 10.2. The van der Waals surface area contributed by atoms with E-state index >= 15 is 0 Å². The van der Waals surface area contributed by atoms with Crippen LogP contribution in [0.4, 0.5) is 0 Å². The van der Waals surface area contributed by atoms with Crippen molar-refractivity contribution in [3.8, 4) is 0 Å². The van der Waals surface area contributed by atoms with Gasteiger partial charge in [-0.1, -0.05) is 5.16 Å². The van der Waals surface area contributed by atoms with Gasteiger partial charge in [-0.2, -0.15) is 4.98 Å². The normalized spacial score (nSPS) is 16.6. The molecule has 0 saturated heterocycles. The van der Waals surface area contributed by atoms with Gasteiger partial charge in [0.15, 0.2) is 5.82 Å². The van der Waals surface area contributed by atoms with Crippen molar-refractivity contribution in [3.05, 3.63) is 11.7 Å². The maximum absolute atomic E-state index is 11.4. The number of aliphatic hydroxyl groups is 1. The van der Waals surface area contributed by atoms with Crippen LogP contribution in [0.5, 0.6) is 0 Å². The van der Waals surface area contributed by atoms with Crippen LogP contribution in [0, 0.1) is 0 Å². The van der Waals surface area contributed by atoms with Crippen LogP contribution in [0.25, 0.3) is 0 Å². The number of aromatic nitrogens is 2. The first kappa shape index (κ1) is 13.0. The van der Waals surface area contributed by atoms with E-state index in [1.807, 2.05) is 0 Å². The Morgan fingerprint density at radius 1 is 1.61 bits per heavy atom. The summed E-state index contributed by atoms with van der Waals surface area (Å²) < 4.78 is 5.11. The zero-order chi connectivity index (χ0) is 13.0. The van der Waals surface area contributed by atoms with Crippen molar-refractivity contribution in [1.82, 2.24) is 15.5 Å². The zero-order valence-electron chi connectivity index (χ0n) is 10.6. The van der Waals surface area contributed by atoms with Crippen molar-refractivity contribution >= 4 is 5.91 Å². The number of aryl methyl sites for hydroxylation is 1. The van der Waals surface area contributed by atoms with Gasteiger partial charge in [-0.15, -0.1) is 0 Å². The summed E-state index contributed by atoms with van der Waals surface area (Å²) in [5.41, 5.74) is 0. The fourth-order valence-corrected chi connectivity index (χ4v) is 1.63. The summed E-state index contributed by atoms with van der Waals surface area (Å²) in [5.74, 6) is 1.86. The van der Waals surface area contributed by atoms with Crippen LogP contribution < -0.4 is 5.32 Å². The first-order valence-electron chi connectivity index (χ1n) is 6.42. The predicted molar refractivity (Wildman–Crippen MR) is 63.9 cm³/mol. The second kappa shape index (κ2) is 5.95. The van der Waals surface area contributed by atoms with Gasteiger partial charge in [-0.25, -0.2) is 0 Å². The summed E-state index contributed by atoms with van der Waals surface area (Å²) in [7, 11) is 0. The zero-order valence-corrected chi connectivity index (χ0v) is 10.6. The van der Waals surface area contributed by atoms with Crippen LogP contribution in [-0.4, -0.2) is 33.8 Å². The first-order valence-corrected chi connectivity index (χ1v) is 6.42. The van der Waals surface area contributed by atoms with Crippen molar-refractivity contribution < 1.29 is 14.4 Å².